The molecule has 20 heavy (non-hydrogen) atoms. The van der Waals surface area contributed by atoms with Gasteiger partial charge in [-0.25, -0.2) is 4.98 Å². The van der Waals surface area contributed by atoms with Gasteiger partial charge in [-0.15, -0.1) is 0 Å². The van der Waals surface area contributed by atoms with Gasteiger partial charge in [0.05, 0.1) is 21.7 Å². The fourth-order valence-corrected chi connectivity index (χ4v) is 2.64. The van der Waals surface area contributed by atoms with E-state index in [2.05, 4.69) is 28.4 Å². The number of aromatic nitrogens is 3. The minimum absolute atomic E-state index is 0.205. The lowest BCUT2D eigenvalue weighted by Crippen LogP contribution is -2.05. The molecule has 0 unspecified atom stereocenters. The van der Waals surface area contributed by atoms with Crippen molar-refractivity contribution >= 4 is 28.3 Å². The first-order chi connectivity index (χ1) is 9.59. The van der Waals surface area contributed by atoms with Crippen molar-refractivity contribution in [1.82, 2.24) is 14.5 Å². The summed E-state index contributed by atoms with van der Waals surface area (Å²) in [5, 5.41) is 0.685. The summed E-state index contributed by atoms with van der Waals surface area (Å²) in [5.74, 6) is 0.751. The highest BCUT2D eigenvalue weighted by Crippen LogP contribution is 2.33. The molecule has 0 amide bonds. The number of pyridine rings is 1. The van der Waals surface area contributed by atoms with Gasteiger partial charge in [0, 0.05) is 12.2 Å². The minimum atomic E-state index is 0.205. The second kappa shape index (κ2) is 4.80. The van der Waals surface area contributed by atoms with E-state index in [1.54, 1.807) is 6.20 Å². The number of rotatable bonds is 2. The Hall–Kier alpha value is -2.07. The van der Waals surface area contributed by atoms with Gasteiger partial charge in [0.2, 0.25) is 0 Å². The van der Waals surface area contributed by atoms with Gasteiger partial charge in [-0.1, -0.05) is 17.7 Å². The Labute approximate surface area is 122 Å². The smallest absolute Gasteiger partial charge is 0.162 e. The summed E-state index contributed by atoms with van der Waals surface area (Å²) in [5.41, 5.74) is 9.11. The zero-order valence-corrected chi connectivity index (χ0v) is 12.1. The van der Waals surface area contributed by atoms with Gasteiger partial charge >= 0.3 is 0 Å². The van der Waals surface area contributed by atoms with E-state index >= 15 is 0 Å². The third-order valence-electron chi connectivity index (χ3n) is 3.23. The Morgan fingerprint density at radius 1 is 1.20 bits per heavy atom. The van der Waals surface area contributed by atoms with Gasteiger partial charge in [-0.05, 0) is 38.1 Å². The average Bonchev–Trinajstić information content (AvgIpc) is 2.80. The standard InChI is InChI=1S/C15H15ClN4/c1-9(2)20-14-10(16)5-3-7-12(14)19-15(20)13-11(17)6-4-8-18-13/h3-9H,17H2,1-2H3. The fraction of sp³-hybridized carbons (Fsp3) is 0.200. The number of hydrogen-bond donors (Lipinski definition) is 1. The summed E-state index contributed by atoms with van der Waals surface area (Å²) in [6.45, 7) is 4.18. The van der Waals surface area contributed by atoms with Crippen LogP contribution in [-0.4, -0.2) is 14.5 Å². The Morgan fingerprint density at radius 3 is 2.70 bits per heavy atom. The molecule has 3 rings (SSSR count). The molecule has 0 bridgehead atoms. The van der Waals surface area contributed by atoms with Crippen LogP contribution in [-0.2, 0) is 0 Å². The second-order valence-corrected chi connectivity index (χ2v) is 5.36. The van der Waals surface area contributed by atoms with Crippen molar-refractivity contribution in [1.29, 1.82) is 0 Å². The number of imidazole rings is 1. The molecular formula is C15H15ClN4. The highest BCUT2D eigenvalue weighted by atomic mass is 35.5. The van der Waals surface area contributed by atoms with Crippen LogP contribution >= 0.6 is 11.6 Å². The van der Waals surface area contributed by atoms with Gasteiger partial charge in [0.15, 0.2) is 5.82 Å². The highest BCUT2D eigenvalue weighted by Gasteiger charge is 2.19. The first-order valence-corrected chi connectivity index (χ1v) is 6.84. The molecule has 2 N–H and O–H groups in total. The fourth-order valence-electron chi connectivity index (χ4n) is 2.38. The predicted molar refractivity (Wildman–Crippen MR) is 82.8 cm³/mol. The third kappa shape index (κ3) is 1.93. The van der Waals surface area contributed by atoms with E-state index in [-0.39, 0.29) is 6.04 Å². The molecule has 0 spiro atoms. The predicted octanol–water partition coefficient (Wildman–Crippen LogP) is 3.91. The van der Waals surface area contributed by atoms with E-state index in [0.29, 0.717) is 16.4 Å². The Balaban J connectivity index is 2.40. The van der Waals surface area contributed by atoms with Gasteiger partial charge in [-0.2, -0.15) is 0 Å². The molecule has 0 fully saturated rings. The number of anilines is 1. The van der Waals surface area contributed by atoms with Crippen LogP contribution in [0.2, 0.25) is 5.02 Å². The molecule has 5 heteroatoms. The van der Waals surface area contributed by atoms with E-state index in [9.17, 15) is 0 Å². The second-order valence-electron chi connectivity index (χ2n) is 4.95. The molecular weight excluding hydrogens is 272 g/mol. The van der Waals surface area contributed by atoms with Crippen LogP contribution in [0.3, 0.4) is 0 Å². The molecule has 0 radical (unpaired) electrons. The van der Waals surface area contributed by atoms with Crippen molar-refractivity contribution in [2.45, 2.75) is 19.9 Å². The maximum Gasteiger partial charge on any atom is 0.162 e. The summed E-state index contributed by atoms with van der Waals surface area (Å²) in [6, 6.07) is 9.56. The number of fused-ring (bicyclic) bond motifs is 1. The molecule has 0 saturated carbocycles. The van der Waals surface area contributed by atoms with E-state index < -0.39 is 0 Å². The molecule has 4 nitrogen and oxygen atoms in total. The molecule has 0 aliphatic carbocycles. The number of para-hydroxylation sites is 1. The molecule has 2 heterocycles. The molecule has 0 atom stereocenters. The Kier molecular flexibility index (Phi) is 3.10. The van der Waals surface area contributed by atoms with Crippen LogP contribution in [0.15, 0.2) is 36.5 Å². The number of benzene rings is 1. The normalized spacial score (nSPS) is 11.4. The molecule has 102 valence electrons. The summed E-state index contributed by atoms with van der Waals surface area (Å²) in [6.07, 6.45) is 1.72. The molecule has 3 aromatic rings. The summed E-state index contributed by atoms with van der Waals surface area (Å²) < 4.78 is 2.08. The summed E-state index contributed by atoms with van der Waals surface area (Å²) in [7, 11) is 0. The molecule has 0 aliphatic rings. The number of hydrogen-bond acceptors (Lipinski definition) is 3. The van der Waals surface area contributed by atoms with Crippen LogP contribution < -0.4 is 5.73 Å². The van der Waals surface area contributed by atoms with Gasteiger partial charge < -0.3 is 10.3 Å². The maximum absolute atomic E-state index is 6.33. The highest BCUT2D eigenvalue weighted by molar-refractivity contribution is 6.35. The molecule has 0 saturated heterocycles. The van der Waals surface area contributed by atoms with Crippen LogP contribution in [0, 0.1) is 0 Å². The molecule has 1 aromatic carbocycles. The first-order valence-electron chi connectivity index (χ1n) is 6.47. The number of nitrogens with two attached hydrogens (primary N) is 1. The zero-order valence-electron chi connectivity index (χ0n) is 11.3. The third-order valence-corrected chi connectivity index (χ3v) is 3.53. The number of halogens is 1. The van der Waals surface area contributed by atoms with E-state index in [0.717, 1.165) is 16.9 Å². The summed E-state index contributed by atoms with van der Waals surface area (Å²) >= 11 is 6.33. The van der Waals surface area contributed by atoms with Gasteiger partial charge in [0.1, 0.15) is 5.69 Å². The molecule has 0 aliphatic heterocycles. The minimum Gasteiger partial charge on any atom is -0.397 e. The van der Waals surface area contributed by atoms with Crippen molar-refractivity contribution < 1.29 is 0 Å². The largest absolute Gasteiger partial charge is 0.397 e. The quantitative estimate of drug-likeness (QED) is 0.777. The van der Waals surface area contributed by atoms with Gasteiger partial charge in [0.25, 0.3) is 0 Å². The maximum atomic E-state index is 6.33. The molecule has 2 aromatic heterocycles. The van der Waals surface area contributed by atoms with Crippen molar-refractivity contribution in [3.63, 3.8) is 0 Å². The van der Waals surface area contributed by atoms with Gasteiger partial charge in [-0.3, -0.25) is 4.98 Å². The van der Waals surface area contributed by atoms with Crippen LogP contribution in [0.5, 0.6) is 0 Å². The Morgan fingerprint density at radius 2 is 2.00 bits per heavy atom. The van der Waals surface area contributed by atoms with Crippen LogP contribution in [0.25, 0.3) is 22.6 Å². The zero-order chi connectivity index (χ0) is 14.3. The average molecular weight is 287 g/mol. The lowest BCUT2D eigenvalue weighted by molar-refractivity contribution is 0.623. The van der Waals surface area contributed by atoms with Crippen LogP contribution in [0.4, 0.5) is 5.69 Å². The number of nitrogens with zero attached hydrogens (tertiary/aromatic N) is 3. The first kappa shape index (κ1) is 12.9. The van der Waals surface area contributed by atoms with E-state index in [1.165, 1.54) is 0 Å². The van der Waals surface area contributed by atoms with Crippen molar-refractivity contribution in [2.75, 3.05) is 5.73 Å². The van der Waals surface area contributed by atoms with E-state index in [1.807, 2.05) is 30.3 Å². The Bertz CT molecular complexity index is 777. The van der Waals surface area contributed by atoms with E-state index in [4.69, 9.17) is 17.3 Å². The monoisotopic (exact) mass is 286 g/mol. The van der Waals surface area contributed by atoms with Crippen LogP contribution in [0.1, 0.15) is 19.9 Å². The van der Waals surface area contributed by atoms with Crippen molar-refractivity contribution in [2.24, 2.45) is 0 Å². The van der Waals surface area contributed by atoms with Crippen molar-refractivity contribution in [3.05, 3.63) is 41.6 Å². The summed E-state index contributed by atoms with van der Waals surface area (Å²) in [4.78, 5) is 9.03. The number of nitrogen functional groups attached to an aromatic ring is 1. The lowest BCUT2D eigenvalue weighted by atomic mass is 10.2. The lowest BCUT2D eigenvalue weighted by Gasteiger charge is -2.14. The van der Waals surface area contributed by atoms with Crippen molar-refractivity contribution in [3.8, 4) is 11.5 Å². The topological polar surface area (TPSA) is 56.7 Å². The SMILES string of the molecule is CC(C)n1c(-c2ncccc2N)nc2cccc(Cl)c21.